The van der Waals surface area contributed by atoms with Gasteiger partial charge in [-0.15, -0.1) is 0 Å². The van der Waals surface area contributed by atoms with Gasteiger partial charge in [0.2, 0.25) is 5.91 Å². The summed E-state index contributed by atoms with van der Waals surface area (Å²) in [5, 5.41) is 8.85. The van der Waals surface area contributed by atoms with E-state index in [1.807, 2.05) is 50.2 Å². The van der Waals surface area contributed by atoms with Gasteiger partial charge < -0.3 is 25.3 Å². The van der Waals surface area contributed by atoms with Crippen LogP contribution in [0.5, 0.6) is 5.75 Å². The Bertz CT molecular complexity index is 1750. The number of anilines is 1. The Kier molecular flexibility index (Phi) is 8.17. The molecule has 9 nitrogen and oxygen atoms in total. The summed E-state index contributed by atoms with van der Waals surface area (Å²) in [6, 6.07) is 14.7. The summed E-state index contributed by atoms with van der Waals surface area (Å²) in [5.41, 5.74) is 5.53. The summed E-state index contributed by atoms with van der Waals surface area (Å²) in [6.07, 6.45) is 2.97. The fourth-order valence-electron chi connectivity index (χ4n) is 5.27. The Morgan fingerprint density at radius 2 is 1.81 bits per heavy atom. The zero-order valence-corrected chi connectivity index (χ0v) is 23.9. The van der Waals surface area contributed by atoms with Crippen LogP contribution < -0.4 is 26.2 Å². The number of carbonyl (C=O) groups is 2. The van der Waals surface area contributed by atoms with Crippen molar-refractivity contribution in [2.24, 2.45) is 7.05 Å². The maximum Gasteiger partial charge on any atom is 0.265 e. The van der Waals surface area contributed by atoms with Crippen molar-refractivity contribution >= 4 is 17.5 Å². The topological polar surface area (TPSA) is 114 Å². The second-order valence-corrected chi connectivity index (χ2v) is 10.4. The van der Waals surface area contributed by atoms with Crippen molar-refractivity contribution in [1.82, 2.24) is 20.2 Å². The smallest absolute Gasteiger partial charge is 0.265 e. The number of nitrogens with one attached hydrogen (secondary N) is 3. The van der Waals surface area contributed by atoms with Crippen molar-refractivity contribution in [3.8, 4) is 28.0 Å². The van der Waals surface area contributed by atoms with E-state index in [1.165, 1.54) is 37.3 Å². The maximum absolute atomic E-state index is 15.4. The number of benzene rings is 3. The molecule has 1 aromatic heterocycles. The van der Waals surface area contributed by atoms with Crippen molar-refractivity contribution < 1.29 is 18.7 Å². The number of aromatic nitrogens is 2. The fraction of sp³-hybridized carbons (Fsp3) is 0.250. The lowest BCUT2D eigenvalue weighted by Crippen LogP contribution is -2.30. The van der Waals surface area contributed by atoms with Gasteiger partial charge in [-0.25, -0.2) is 9.37 Å². The molecule has 0 unspecified atom stereocenters. The molecule has 2 heterocycles. The normalized spacial score (nSPS) is 14.5. The monoisotopic (exact) mass is 569 g/mol. The van der Waals surface area contributed by atoms with E-state index in [2.05, 4.69) is 20.9 Å². The Morgan fingerprint density at radius 1 is 1.10 bits per heavy atom. The van der Waals surface area contributed by atoms with Crippen LogP contribution in [0, 0.1) is 19.7 Å². The number of hydrogen-bond acceptors (Lipinski definition) is 6. The van der Waals surface area contributed by atoms with Crippen LogP contribution in [0.25, 0.3) is 22.3 Å². The van der Waals surface area contributed by atoms with E-state index in [4.69, 9.17) is 4.74 Å². The van der Waals surface area contributed by atoms with Gasteiger partial charge in [0.05, 0.1) is 13.4 Å². The van der Waals surface area contributed by atoms with Crippen LogP contribution >= 0.6 is 0 Å². The first-order valence-electron chi connectivity index (χ1n) is 13.6. The Morgan fingerprint density at radius 3 is 2.52 bits per heavy atom. The first-order chi connectivity index (χ1) is 20.2. The molecule has 0 aliphatic carbocycles. The third kappa shape index (κ3) is 5.66. The summed E-state index contributed by atoms with van der Waals surface area (Å²) in [6.45, 7) is 4.62. The van der Waals surface area contributed by atoms with E-state index in [1.54, 1.807) is 6.07 Å². The highest BCUT2D eigenvalue weighted by Gasteiger charge is 2.23. The highest BCUT2D eigenvalue weighted by atomic mass is 19.1. The van der Waals surface area contributed by atoms with Crippen LogP contribution in [-0.2, 0) is 18.4 Å². The molecule has 1 aliphatic heterocycles. The van der Waals surface area contributed by atoms with E-state index >= 15 is 4.39 Å². The minimum Gasteiger partial charge on any atom is -0.496 e. The summed E-state index contributed by atoms with van der Waals surface area (Å²) in [7, 11) is 3.05. The van der Waals surface area contributed by atoms with Gasteiger partial charge in [-0.05, 0) is 65.4 Å². The zero-order valence-electron chi connectivity index (χ0n) is 23.9. The lowest BCUT2D eigenvalue weighted by atomic mass is 9.90. The second-order valence-electron chi connectivity index (χ2n) is 10.4. The van der Waals surface area contributed by atoms with Crippen LogP contribution in [-0.4, -0.2) is 41.1 Å². The first-order valence-corrected chi connectivity index (χ1v) is 13.6. The van der Waals surface area contributed by atoms with Crippen molar-refractivity contribution in [3.63, 3.8) is 0 Å². The Balaban J connectivity index is 1.45. The SMILES string of the molecule is COc1cc(-c2cccc(-c3cccc(NC(=O)c4cncn(C)c4=O)c3C)c2C)cc(F)c1CN[C@@H]1CNC(=O)C1. The third-order valence-corrected chi connectivity index (χ3v) is 7.68. The van der Waals surface area contributed by atoms with E-state index in [9.17, 15) is 14.4 Å². The molecule has 1 saturated heterocycles. The Labute approximate surface area is 242 Å². The number of rotatable bonds is 8. The molecule has 0 bridgehead atoms. The molecule has 10 heteroatoms. The largest absolute Gasteiger partial charge is 0.496 e. The fourth-order valence-corrected chi connectivity index (χ4v) is 5.27. The molecular weight excluding hydrogens is 537 g/mol. The molecule has 1 atom stereocenters. The minimum atomic E-state index is -0.539. The molecule has 0 radical (unpaired) electrons. The maximum atomic E-state index is 15.4. The standard InChI is InChI=1S/C32H32FN5O4/c1-18-22(20-11-27(33)25(29(12-20)42-4)16-35-21-13-30(39)36-14-21)7-5-8-23(18)24-9-6-10-28(19(24)2)37-31(40)26-15-34-17-38(3)32(26)41/h5-12,15,17,21,35H,13-14,16H2,1-4H3,(H,36,39)(H,37,40)/t21-/m0/s1. The predicted molar refractivity (Wildman–Crippen MR) is 159 cm³/mol. The van der Waals surface area contributed by atoms with E-state index in [-0.39, 0.29) is 24.1 Å². The van der Waals surface area contributed by atoms with Gasteiger partial charge in [-0.3, -0.25) is 14.4 Å². The molecular formula is C32H32FN5O4. The van der Waals surface area contributed by atoms with Crippen LogP contribution in [0.4, 0.5) is 10.1 Å². The minimum absolute atomic E-state index is 0.0203. The average Bonchev–Trinajstić information content (AvgIpc) is 3.39. The summed E-state index contributed by atoms with van der Waals surface area (Å²) >= 11 is 0. The van der Waals surface area contributed by atoms with Crippen LogP contribution in [0.15, 0.2) is 65.8 Å². The number of aryl methyl sites for hydroxylation is 1. The number of ether oxygens (including phenoxy) is 1. The van der Waals surface area contributed by atoms with E-state index < -0.39 is 17.3 Å². The summed E-state index contributed by atoms with van der Waals surface area (Å²) in [4.78, 5) is 40.8. The number of nitrogens with zero attached hydrogens (tertiary/aromatic N) is 2. The Hall–Kier alpha value is -4.83. The molecule has 2 amide bonds. The van der Waals surface area contributed by atoms with Crippen molar-refractivity contribution in [3.05, 3.63) is 99.5 Å². The van der Waals surface area contributed by atoms with Gasteiger partial charge in [-0.1, -0.05) is 30.3 Å². The van der Waals surface area contributed by atoms with Crippen LogP contribution in [0.1, 0.15) is 33.5 Å². The third-order valence-electron chi connectivity index (χ3n) is 7.68. The second kappa shape index (κ2) is 12.0. The highest BCUT2D eigenvalue weighted by Crippen LogP contribution is 2.37. The molecule has 0 saturated carbocycles. The van der Waals surface area contributed by atoms with Crippen LogP contribution in [0.2, 0.25) is 0 Å². The average molecular weight is 570 g/mol. The first kappa shape index (κ1) is 28.7. The van der Waals surface area contributed by atoms with E-state index in [0.717, 1.165) is 27.8 Å². The number of amides is 2. The van der Waals surface area contributed by atoms with Crippen molar-refractivity contribution in [2.45, 2.75) is 32.9 Å². The summed E-state index contributed by atoms with van der Waals surface area (Å²) < 4.78 is 22.3. The lowest BCUT2D eigenvalue weighted by molar-refractivity contribution is -0.119. The van der Waals surface area contributed by atoms with Crippen molar-refractivity contribution in [1.29, 1.82) is 0 Å². The number of methoxy groups -OCH3 is 1. The molecule has 3 aromatic carbocycles. The van der Waals surface area contributed by atoms with Gasteiger partial charge in [0.25, 0.3) is 11.5 Å². The van der Waals surface area contributed by atoms with Gasteiger partial charge >= 0.3 is 0 Å². The van der Waals surface area contributed by atoms with Gasteiger partial charge in [0.15, 0.2) is 0 Å². The summed E-state index contributed by atoms with van der Waals surface area (Å²) in [5.74, 6) is -0.543. The molecule has 1 fully saturated rings. The van der Waals surface area contributed by atoms with Gasteiger partial charge in [-0.2, -0.15) is 0 Å². The molecule has 3 N–H and O–H groups in total. The molecule has 0 spiro atoms. The molecule has 1 aliphatic rings. The lowest BCUT2D eigenvalue weighted by Gasteiger charge is -2.18. The number of halogens is 1. The van der Waals surface area contributed by atoms with Gasteiger partial charge in [0, 0.05) is 50.0 Å². The van der Waals surface area contributed by atoms with Crippen molar-refractivity contribution in [2.75, 3.05) is 19.0 Å². The number of hydrogen-bond donors (Lipinski definition) is 3. The zero-order chi connectivity index (χ0) is 30.0. The van der Waals surface area contributed by atoms with E-state index in [0.29, 0.717) is 35.5 Å². The highest BCUT2D eigenvalue weighted by molar-refractivity contribution is 6.04. The quantitative estimate of drug-likeness (QED) is 0.294. The molecule has 216 valence electrons. The number of carbonyl (C=O) groups excluding carboxylic acids is 2. The molecule has 5 rings (SSSR count). The molecule has 4 aromatic rings. The molecule has 42 heavy (non-hydrogen) atoms. The van der Waals surface area contributed by atoms with Gasteiger partial charge in [0.1, 0.15) is 17.1 Å². The van der Waals surface area contributed by atoms with Crippen LogP contribution in [0.3, 0.4) is 0 Å². The predicted octanol–water partition coefficient (Wildman–Crippen LogP) is 4.11.